The van der Waals surface area contributed by atoms with E-state index in [1.54, 1.807) is 0 Å². The Hall–Kier alpha value is -0.120. The Morgan fingerprint density at radius 3 is 2.17 bits per heavy atom. The summed E-state index contributed by atoms with van der Waals surface area (Å²) in [7, 11) is 0. The number of hydrogen-bond acceptors (Lipinski definition) is 3. The van der Waals surface area contributed by atoms with Crippen molar-refractivity contribution in [3.8, 4) is 0 Å². The van der Waals surface area contributed by atoms with Gasteiger partial charge >= 0.3 is 0 Å². The van der Waals surface area contributed by atoms with Crippen LogP contribution in [-0.2, 0) is 0 Å². The Morgan fingerprint density at radius 2 is 1.67 bits per heavy atom. The van der Waals surface area contributed by atoms with E-state index in [0.29, 0.717) is 18.6 Å². The van der Waals surface area contributed by atoms with Crippen molar-refractivity contribution in [1.82, 2.24) is 9.80 Å². The van der Waals surface area contributed by atoms with Crippen molar-refractivity contribution in [2.45, 2.75) is 45.6 Å². The molecule has 0 radical (unpaired) electrons. The fraction of sp³-hybridized carbons (Fsp3) is 1.00. The van der Waals surface area contributed by atoms with Crippen LogP contribution in [0.15, 0.2) is 0 Å². The highest BCUT2D eigenvalue weighted by Gasteiger charge is 2.28. The number of aliphatic hydroxyl groups excluding tert-OH is 1. The summed E-state index contributed by atoms with van der Waals surface area (Å²) in [6.45, 7) is 11.0. The van der Waals surface area contributed by atoms with Crippen LogP contribution in [0.25, 0.3) is 0 Å². The van der Waals surface area contributed by atoms with Crippen LogP contribution < -0.4 is 0 Å². The molecule has 0 aromatic carbocycles. The van der Waals surface area contributed by atoms with Gasteiger partial charge in [0.05, 0.1) is 0 Å². The molecule has 0 spiro atoms. The molecule has 0 bridgehead atoms. The molecular formula is C15H30N2O. The zero-order valence-corrected chi connectivity index (χ0v) is 12.1. The van der Waals surface area contributed by atoms with Crippen LogP contribution in [0.1, 0.15) is 39.5 Å². The molecule has 0 saturated carbocycles. The largest absolute Gasteiger partial charge is 0.396 e. The SMILES string of the molecule is CC(C)N1CCC(C(CO)CN2CCCC2)CC1. The Kier molecular flexibility index (Phi) is 5.46. The molecule has 106 valence electrons. The van der Waals surface area contributed by atoms with Gasteiger partial charge in [0.15, 0.2) is 0 Å². The highest BCUT2D eigenvalue weighted by atomic mass is 16.3. The second-order valence-electron chi connectivity index (χ2n) is 6.42. The zero-order valence-electron chi connectivity index (χ0n) is 12.1. The maximum atomic E-state index is 9.67. The standard InChI is InChI=1S/C15H30N2O/c1-13(2)17-9-5-14(6-10-17)15(12-18)11-16-7-3-4-8-16/h13-15,18H,3-12H2,1-2H3. The molecule has 2 saturated heterocycles. The third-order valence-corrected chi connectivity index (χ3v) is 4.90. The first-order chi connectivity index (χ1) is 8.70. The molecule has 0 aromatic rings. The molecule has 0 aromatic heterocycles. The van der Waals surface area contributed by atoms with Crippen LogP contribution in [0.2, 0.25) is 0 Å². The average molecular weight is 254 g/mol. The van der Waals surface area contributed by atoms with Gasteiger partial charge in [-0.3, -0.25) is 0 Å². The monoisotopic (exact) mass is 254 g/mol. The molecule has 3 heteroatoms. The summed E-state index contributed by atoms with van der Waals surface area (Å²) in [5.74, 6) is 1.25. The second-order valence-corrected chi connectivity index (χ2v) is 6.42. The van der Waals surface area contributed by atoms with Gasteiger partial charge in [-0.25, -0.2) is 0 Å². The highest BCUT2D eigenvalue weighted by Crippen LogP contribution is 2.27. The average Bonchev–Trinajstić information content (AvgIpc) is 2.89. The summed E-state index contributed by atoms with van der Waals surface area (Å²) in [5, 5.41) is 9.67. The van der Waals surface area contributed by atoms with E-state index in [1.807, 2.05) is 0 Å². The van der Waals surface area contributed by atoms with E-state index in [-0.39, 0.29) is 0 Å². The molecule has 18 heavy (non-hydrogen) atoms. The molecule has 1 atom stereocenters. The van der Waals surface area contributed by atoms with E-state index in [1.165, 1.54) is 51.9 Å². The predicted molar refractivity (Wildman–Crippen MR) is 75.7 cm³/mol. The molecule has 2 rings (SSSR count). The van der Waals surface area contributed by atoms with Gasteiger partial charge < -0.3 is 14.9 Å². The summed E-state index contributed by atoms with van der Waals surface area (Å²) in [4.78, 5) is 5.12. The van der Waals surface area contributed by atoms with Gasteiger partial charge in [0.2, 0.25) is 0 Å². The fourth-order valence-electron chi connectivity index (χ4n) is 3.56. The molecular weight excluding hydrogens is 224 g/mol. The first-order valence-corrected chi connectivity index (χ1v) is 7.78. The maximum Gasteiger partial charge on any atom is 0.0474 e. The van der Waals surface area contributed by atoms with Crippen LogP contribution in [0, 0.1) is 11.8 Å². The second kappa shape index (κ2) is 6.88. The lowest BCUT2D eigenvalue weighted by atomic mass is 9.84. The van der Waals surface area contributed by atoms with Crippen LogP contribution in [0.3, 0.4) is 0 Å². The van der Waals surface area contributed by atoms with Gasteiger partial charge in [0.25, 0.3) is 0 Å². The number of likely N-dealkylation sites (tertiary alicyclic amines) is 2. The number of aliphatic hydroxyl groups is 1. The van der Waals surface area contributed by atoms with Crippen LogP contribution in [-0.4, -0.2) is 60.3 Å². The molecule has 2 fully saturated rings. The number of hydrogen-bond donors (Lipinski definition) is 1. The zero-order chi connectivity index (χ0) is 13.0. The molecule has 1 N–H and O–H groups in total. The molecule has 2 heterocycles. The summed E-state index contributed by atoms with van der Waals surface area (Å²) < 4.78 is 0. The van der Waals surface area contributed by atoms with Crippen molar-refractivity contribution < 1.29 is 5.11 Å². The van der Waals surface area contributed by atoms with E-state index < -0.39 is 0 Å². The minimum Gasteiger partial charge on any atom is -0.396 e. The van der Waals surface area contributed by atoms with E-state index in [0.717, 1.165) is 12.5 Å². The molecule has 0 amide bonds. The maximum absolute atomic E-state index is 9.67. The Bertz CT molecular complexity index is 231. The molecule has 2 aliphatic heterocycles. The quantitative estimate of drug-likeness (QED) is 0.810. The van der Waals surface area contributed by atoms with Crippen molar-refractivity contribution in [3.63, 3.8) is 0 Å². The van der Waals surface area contributed by atoms with Crippen LogP contribution in [0.4, 0.5) is 0 Å². The van der Waals surface area contributed by atoms with Gasteiger partial charge in [-0.2, -0.15) is 0 Å². The first-order valence-electron chi connectivity index (χ1n) is 7.78. The lowest BCUT2D eigenvalue weighted by Gasteiger charge is -2.38. The molecule has 0 aliphatic carbocycles. The summed E-state index contributed by atoms with van der Waals surface area (Å²) >= 11 is 0. The minimum atomic E-state index is 0.378. The van der Waals surface area contributed by atoms with Gasteiger partial charge in [-0.15, -0.1) is 0 Å². The van der Waals surface area contributed by atoms with Gasteiger partial charge in [-0.05, 0) is 77.5 Å². The van der Waals surface area contributed by atoms with E-state index >= 15 is 0 Å². The van der Waals surface area contributed by atoms with Gasteiger partial charge in [-0.1, -0.05) is 0 Å². The first kappa shape index (κ1) is 14.3. The fourth-order valence-corrected chi connectivity index (χ4v) is 3.56. The summed E-state index contributed by atoms with van der Waals surface area (Å²) in [5.41, 5.74) is 0. The third-order valence-electron chi connectivity index (χ3n) is 4.90. The lowest BCUT2D eigenvalue weighted by molar-refractivity contribution is 0.0735. The molecule has 1 unspecified atom stereocenters. The van der Waals surface area contributed by atoms with E-state index in [2.05, 4.69) is 23.6 Å². The summed E-state index contributed by atoms with van der Waals surface area (Å²) in [6, 6.07) is 0.678. The molecule has 2 aliphatic rings. The molecule has 3 nitrogen and oxygen atoms in total. The minimum absolute atomic E-state index is 0.378. The van der Waals surface area contributed by atoms with Crippen molar-refractivity contribution >= 4 is 0 Å². The Balaban J connectivity index is 1.78. The van der Waals surface area contributed by atoms with Crippen LogP contribution in [0.5, 0.6) is 0 Å². The van der Waals surface area contributed by atoms with E-state index in [4.69, 9.17) is 0 Å². The van der Waals surface area contributed by atoms with Crippen LogP contribution >= 0.6 is 0 Å². The third kappa shape index (κ3) is 3.69. The smallest absolute Gasteiger partial charge is 0.0474 e. The predicted octanol–water partition coefficient (Wildman–Crippen LogP) is 1.81. The Labute approximate surface area is 112 Å². The number of nitrogens with zero attached hydrogens (tertiary/aromatic N) is 2. The van der Waals surface area contributed by atoms with Crippen molar-refractivity contribution in [2.24, 2.45) is 11.8 Å². The highest BCUT2D eigenvalue weighted by molar-refractivity contribution is 4.81. The Morgan fingerprint density at radius 1 is 1.06 bits per heavy atom. The van der Waals surface area contributed by atoms with Crippen molar-refractivity contribution in [2.75, 3.05) is 39.3 Å². The summed E-state index contributed by atoms with van der Waals surface area (Å²) in [6.07, 6.45) is 5.25. The van der Waals surface area contributed by atoms with Gasteiger partial charge in [0.1, 0.15) is 0 Å². The topological polar surface area (TPSA) is 26.7 Å². The number of piperidine rings is 1. The normalized spacial score (nSPS) is 26.0. The van der Waals surface area contributed by atoms with Crippen molar-refractivity contribution in [3.05, 3.63) is 0 Å². The van der Waals surface area contributed by atoms with Crippen molar-refractivity contribution in [1.29, 1.82) is 0 Å². The lowest BCUT2D eigenvalue weighted by Crippen LogP contribution is -2.42. The van der Waals surface area contributed by atoms with Gasteiger partial charge in [0, 0.05) is 19.2 Å². The van der Waals surface area contributed by atoms with E-state index in [9.17, 15) is 5.11 Å². The number of rotatable bonds is 5.